The molecule has 0 radical (unpaired) electrons. The van der Waals surface area contributed by atoms with Crippen LogP contribution in [0.25, 0.3) is 0 Å². The van der Waals surface area contributed by atoms with E-state index in [2.05, 4.69) is 58.3 Å². The lowest BCUT2D eigenvalue weighted by Gasteiger charge is -2.41. The minimum absolute atomic E-state index is 0.220. The zero-order valence-electron chi connectivity index (χ0n) is 12.1. The summed E-state index contributed by atoms with van der Waals surface area (Å²) in [4.78, 5) is 4.57. The fourth-order valence-corrected chi connectivity index (χ4v) is 1.97. The van der Waals surface area contributed by atoms with Crippen LogP contribution in [0.5, 0.6) is 0 Å². The van der Waals surface area contributed by atoms with Gasteiger partial charge < -0.3 is 0 Å². The Morgan fingerprint density at radius 2 is 2.06 bits per heavy atom. The smallest absolute Gasteiger partial charge is 0.0619 e. The van der Waals surface area contributed by atoms with Crippen molar-refractivity contribution in [3.63, 3.8) is 0 Å². The van der Waals surface area contributed by atoms with Crippen LogP contribution < -0.4 is 0 Å². The first-order valence-electron chi connectivity index (χ1n) is 6.27. The highest BCUT2D eigenvalue weighted by molar-refractivity contribution is 5.93. The lowest BCUT2D eigenvalue weighted by Crippen LogP contribution is -2.32. The molecule has 0 aliphatic heterocycles. The van der Waals surface area contributed by atoms with E-state index in [1.54, 1.807) is 6.08 Å². The molecule has 1 rings (SSSR count). The Hall–Kier alpha value is -1.11. The summed E-state index contributed by atoms with van der Waals surface area (Å²) in [6, 6.07) is 0. The zero-order valence-corrected chi connectivity index (χ0v) is 12.1. The number of hydrogen-bond donors (Lipinski definition) is 0. The number of aliphatic imine (C=N–C) groups is 1. The van der Waals surface area contributed by atoms with Gasteiger partial charge in [0.1, 0.15) is 0 Å². The first-order chi connectivity index (χ1) is 7.69. The van der Waals surface area contributed by atoms with Crippen molar-refractivity contribution < 1.29 is 0 Å². The van der Waals surface area contributed by atoms with Gasteiger partial charge in [-0.05, 0) is 42.7 Å². The molecule has 0 saturated carbocycles. The molecule has 1 nitrogen and oxygen atoms in total. The summed E-state index contributed by atoms with van der Waals surface area (Å²) in [5.74, 6) is 0. The Kier molecular flexibility index (Phi) is 3.81. The van der Waals surface area contributed by atoms with Crippen molar-refractivity contribution in [2.24, 2.45) is 15.8 Å². The lowest BCUT2D eigenvalue weighted by atomic mass is 9.63. The highest BCUT2D eigenvalue weighted by Gasteiger charge is 2.36. The molecule has 0 heterocycles. The van der Waals surface area contributed by atoms with Crippen LogP contribution in [0.15, 0.2) is 41.1 Å². The molecule has 1 aliphatic rings. The van der Waals surface area contributed by atoms with E-state index in [0.29, 0.717) is 0 Å². The van der Waals surface area contributed by atoms with Gasteiger partial charge in [-0.15, -0.1) is 0 Å². The molecule has 0 aromatic heterocycles. The summed E-state index contributed by atoms with van der Waals surface area (Å²) >= 11 is 0. The van der Waals surface area contributed by atoms with E-state index in [4.69, 9.17) is 0 Å². The van der Waals surface area contributed by atoms with Crippen LogP contribution in [-0.4, -0.2) is 5.71 Å². The third-order valence-corrected chi connectivity index (χ3v) is 3.96. The van der Waals surface area contributed by atoms with Crippen LogP contribution in [0.1, 0.15) is 48.0 Å². The predicted molar refractivity (Wildman–Crippen MR) is 77.3 cm³/mol. The predicted octanol–water partition coefficient (Wildman–Crippen LogP) is 4.92. The van der Waals surface area contributed by atoms with E-state index in [1.807, 2.05) is 6.92 Å². The van der Waals surface area contributed by atoms with Crippen molar-refractivity contribution >= 4 is 5.71 Å². The number of nitrogens with zero attached hydrogens (tertiary/aromatic N) is 1. The van der Waals surface area contributed by atoms with Gasteiger partial charge in [-0.3, -0.25) is 4.99 Å². The molecule has 0 fully saturated rings. The quantitative estimate of drug-likeness (QED) is 0.598. The van der Waals surface area contributed by atoms with Crippen molar-refractivity contribution in [1.82, 2.24) is 0 Å². The molecule has 17 heavy (non-hydrogen) atoms. The van der Waals surface area contributed by atoms with Gasteiger partial charge in [0.25, 0.3) is 0 Å². The Bertz CT molecular complexity index is 402. The average molecular weight is 231 g/mol. The van der Waals surface area contributed by atoms with Gasteiger partial charge in [0.2, 0.25) is 0 Å². The molecule has 0 spiro atoms. The summed E-state index contributed by atoms with van der Waals surface area (Å²) < 4.78 is 0. The van der Waals surface area contributed by atoms with Crippen LogP contribution in [0.2, 0.25) is 0 Å². The van der Waals surface area contributed by atoms with Crippen LogP contribution in [0.3, 0.4) is 0 Å². The monoisotopic (exact) mass is 231 g/mol. The van der Waals surface area contributed by atoms with Crippen molar-refractivity contribution in [1.29, 1.82) is 0 Å². The van der Waals surface area contributed by atoms with E-state index in [1.165, 1.54) is 5.57 Å². The van der Waals surface area contributed by atoms with Crippen LogP contribution >= 0.6 is 0 Å². The molecule has 0 aromatic carbocycles. The van der Waals surface area contributed by atoms with Crippen molar-refractivity contribution in [3.8, 4) is 0 Å². The van der Waals surface area contributed by atoms with E-state index in [-0.39, 0.29) is 10.8 Å². The SMILES string of the molecule is C=C/C(C)=N\C1=CCC(C)(C(C)(C)C)C=C1C. The van der Waals surface area contributed by atoms with Gasteiger partial charge in [-0.2, -0.15) is 0 Å². The molecule has 1 heteroatoms. The summed E-state index contributed by atoms with van der Waals surface area (Å²) in [6.45, 7) is 17.1. The van der Waals surface area contributed by atoms with Gasteiger partial charge in [0.05, 0.1) is 5.70 Å². The third kappa shape index (κ3) is 2.96. The lowest BCUT2D eigenvalue weighted by molar-refractivity contribution is 0.168. The molecular formula is C16H25N. The van der Waals surface area contributed by atoms with Gasteiger partial charge >= 0.3 is 0 Å². The van der Waals surface area contributed by atoms with Crippen molar-refractivity contribution in [3.05, 3.63) is 36.1 Å². The molecular weight excluding hydrogens is 206 g/mol. The largest absolute Gasteiger partial charge is 0.254 e. The Balaban J connectivity index is 3.04. The zero-order chi connectivity index (χ0) is 13.3. The third-order valence-electron chi connectivity index (χ3n) is 3.96. The minimum atomic E-state index is 0.220. The molecule has 0 amide bonds. The molecule has 0 saturated heterocycles. The van der Waals surface area contributed by atoms with Gasteiger partial charge in [-0.25, -0.2) is 0 Å². The van der Waals surface area contributed by atoms with Crippen LogP contribution in [-0.2, 0) is 0 Å². The summed E-state index contributed by atoms with van der Waals surface area (Å²) in [7, 11) is 0. The highest BCUT2D eigenvalue weighted by Crippen LogP contribution is 2.46. The highest BCUT2D eigenvalue weighted by atomic mass is 14.8. The van der Waals surface area contributed by atoms with Gasteiger partial charge in [0.15, 0.2) is 0 Å². The first kappa shape index (κ1) is 14.0. The average Bonchev–Trinajstić information content (AvgIpc) is 2.20. The standard InChI is InChI=1S/C16H25N/c1-8-13(3)17-14-9-10-16(7,11-12(14)2)15(4,5)6/h8-9,11H,1,10H2,2-7H3/b17-13-. The molecule has 1 atom stereocenters. The molecule has 0 bridgehead atoms. The molecule has 0 aromatic rings. The van der Waals surface area contributed by atoms with E-state index in [0.717, 1.165) is 17.8 Å². The number of hydrogen-bond acceptors (Lipinski definition) is 1. The van der Waals surface area contributed by atoms with Crippen LogP contribution in [0.4, 0.5) is 0 Å². The molecule has 1 aliphatic carbocycles. The Morgan fingerprint density at radius 3 is 2.47 bits per heavy atom. The second-order valence-electron chi connectivity index (χ2n) is 6.25. The van der Waals surface area contributed by atoms with Gasteiger partial charge in [0, 0.05) is 5.71 Å². The van der Waals surface area contributed by atoms with Crippen molar-refractivity contribution in [2.45, 2.75) is 48.0 Å². The van der Waals surface area contributed by atoms with E-state index < -0.39 is 0 Å². The Morgan fingerprint density at radius 1 is 1.47 bits per heavy atom. The fourth-order valence-electron chi connectivity index (χ4n) is 1.97. The minimum Gasteiger partial charge on any atom is -0.254 e. The van der Waals surface area contributed by atoms with E-state index >= 15 is 0 Å². The Labute approximate surface area is 106 Å². The second kappa shape index (κ2) is 4.64. The topological polar surface area (TPSA) is 12.4 Å². The fraction of sp³-hybridized carbons (Fsp3) is 0.562. The number of allylic oxidation sites excluding steroid dienone is 4. The maximum atomic E-state index is 4.57. The van der Waals surface area contributed by atoms with Crippen molar-refractivity contribution in [2.75, 3.05) is 0 Å². The van der Waals surface area contributed by atoms with E-state index in [9.17, 15) is 0 Å². The first-order valence-corrected chi connectivity index (χ1v) is 6.27. The summed E-state index contributed by atoms with van der Waals surface area (Å²) in [6.07, 6.45) is 7.48. The second-order valence-corrected chi connectivity index (χ2v) is 6.25. The maximum absolute atomic E-state index is 4.57. The molecule has 1 unspecified atom stereocenters. The number of rotatable bonds is 2. The normalized spacial score (nSPS) is 26.4. The summed E-state index contributed by atoms with van der Waals surface area (Å²) in [5, 5.41) is 0. The van der Waals surface area contributed by atoms with Crippen LogP contribution in [0, 0.1) is 10.8 Å². The van der Waals surface area contributed by atoms with Gasteiger partial charge in [-0.1, -0.05) is 46.4 Å². The maximum Gasteiger partial charge on any atom is 0.0619 e. The molecule has 0 N–H and O–H groups in total. The molecule has 94 valence electrons. The summed E-state index contributed by atoms with van der Waals surface area (Å²) in [5.41, 5.74) is 3.84.